The van der Waals surface area contributed by atoms with E-state index >= 15 is 0 Å². The molecule has 28 heavy (non-hydrogen) atoms. The largest absolute Gasteiger partial charge is 0.354 e. The van der Waals surface area contributed by atoms with Crippen LogP contribution in [-0.4, -0.2) is 73.1 Å². The van der Waals surface area contributed by atoms with Crippen LogP contribution in [0.1, 0.15) is 38.5 Å². The van der Waals surface area contributed by atoms with Crippen molar-refractivity contribution in [2.24, 2.45) is 10.9 Å². The normalized spacial score (nSPS) is 18.8. The Morgan fingerprint density at radius 3 is 2.43 bits per heavy atom. The highest BCUT2D eigenvalue weighted by molar-refractivity contribution is 5.80. The first-order valence-electron chi connectivity index (χ1n) is 10.5. The van der Waals surface area contributed by atoms with Gasteiger partial charge in [-0.05, 0) is 24.8 Å². The lowest BCUT2D eigenvalue weighted by Crippen LogP contribution is -2.53. The molecule has 1 saturated carbocycles. The van der Waals surface area contributed by atoms with E-state index in [0.29, 0.717) is 25.4 Å². The average Bonchev–Trinajstić information content (AvgIpc) is 2.75. The number of carbonyl (C=O) groups excluding carboxylic acids is 1. The van der Waals surface area contributed by atoms with Crippen LogP contribution in [0.5, 0.6) is 0 Å². The predicted octanol–water partition coefficient (Wildman–Crippen LogP) is 1.26. The molecule has 0 spiro atoms. The zero-order valence-electron chi connectivity index (χ0n) is 16.9. The molecule has 1 saturated heterocycles. The molecule has 3 rings (SSSR count). The Morgan fingerprint density at radius 1 is 1.07 bits per heavy atom. The Labute approximate surface area is 167 Å². The van der Waals surface area contributed by atoms with Gasteiger partial charge in [0.05, 0.1) is 0 Å². The molecule has 154 valence electrons. The number of piperazine rings is 1. The van der Waals surface area contributed by atoms with Crippen LogP contribution in [-0.2, 0) is 4.79 Å². The summed E-state index contributed by atoms with van der Waals surface area (Å²) < 4.78 is 0. The first-order chi connectivity index (χ1) is 13.8. The maximum absolute atomic E-state index is 12.1. The summed E-state index contributed by atoms with van der Waals surface area (Å²) in [5.41, 5.74) is 0. The predicted molar refractivity (Wildman–Crippen MR) is 111 cm³/mol. The molecule has 2 heterocycles. The van der Waals surface area contributed by atoms with Crippen LogP contribution >= 0.6 is 0 Å². The maximum atomic E-state index is 12.1. The summed E-state index contributed by atoms with van der Waals surface area (Å²) in [6.07, 6.45) is 10.5. The smallest absolute Gasteiger partial charge is 0.225 e. The summed E-state index contributed by atoms with van der Waals surface area (Å²) >= 11 is 0. The van der Waals surface area contributed by atoms with Gasteiger partial charge in [-0.15, -0.1) is 0 Å². The molecule has 2 fully saturated rings. The van der Waals surface area contributed by atoms with Gasteiger partial charge in [0.15, 0.2) is 5.96 Å². The zero-order chi connectivity index (χ0) is 19.6. The quantitative estimate of drug-likeness (QED) is 0.434. The summed E-state index contributed by atoms with van der Waals surface area (Å²) in [7, 11) is 1.80. The Morgan fingerprint density at radius 2 is 1.75 bits per heavy atom. The van der Waals surface area contributed by atoms with Gasteiger partial charge in [0.2, 0.25) is 11.9 Å². The highest BCUT2D eigenvalue weighted by Crippen LogP contribution is 2.25. The molecule has 8 nitrogen and oxygen atoms in total. The molecule has 1 aliphatic carbocycles. The minimum Gasteiger partial charge on any atom is -0.354 e. The highest BCUT2D eigenvalue weighted by Gasteiger charge is 2.21. The lowest BCUT2D eigenvalue weighted by atomic mass is 9.87. The molecule has 2 N–H and O–H groups in total. The second-order valence-electron chi connectivity index (χ2n) is 7.55. The SMILES string of the molecule is CN=C(NCCNC(=O)CC1CCCCC1)N1CCN(c2ncccn2)CC1. The third-order valence-corrected chi connectivity index (χ3v) is 5.56. The Hall–Kier alpha value is -2.38. The van der Waals surface area contributed by atoms with Gasteiger partial charge in [-0.25, -0.2) is 9.97 Å². The van der Waals surface area contributed by atoms with E-state index in [-0.39, 0.29) is 5.91 Å². The second-order valence-corrected chi connectivity index (χ2v) is 7.55. The van der Waals surface area contributed by atoms with Gasteiger partial charge >= 0.3 is 0 Å². The van der Waals surface area contributed by atoms with Crippen molar-refractivity contribution in [3.63, 3.8) is 0 Å². The van der Waals surface area contributed by atoms with Crippen LogP contribution < -0.4 is 15.5 Å². The number of rotatable bonds is 6. The number of amides is 1. The molecule has 0 bridgehead atoms. The number of hydrogen-bond donors (Lipinski definition) is 2. The third-order valence-electron chi connectivity index (χ3n) is 5.56. The molecule has 0 atom stereocenters. The molecule has 0 unspecified atom stereocenters. The van der Waals surface area contributed by atoms with Crippen molar-refractivity contribution in [3.8, 4) is 0 Å². The first kappa shape index (κ1) is 20.4. The summed E-state index contributed by atoms with van der Waals surface area (Å²) in [6, 6.07) is 1.83. The molecule has 1 aromatic rings. The van der Waals surface area contributed by atoms with Crippen LogP contribution in [0.2, 0.25) is 0 Å². The third kappa shape index (κ3) is 6.07. The van der Waals surface area contributed by atoms with Crippen molar-refractivity contribution in [1.29, 1.82) is 0 Å². The van der Waals surface area contributed by atoms with E-state index in [1.54, 1.807) is 19.4 Å². The fourth-order valence-corrected chi connectivity index (χ4v) is 4.01. The lowest BCUT2D eigenvalue weighted by Gasteiger charge is -2.36. The van der Waals surface area contributed by atoms with Gasteiger partial charge in [0.25, 0.3) is 0 Å². The van der Waals surface area contributed by atoms with Crippen molar-refractivity contribution in [3.05, 3.63) is 18.5 Å². The molecule has 0 radical (unpaired) electrons. The van der Waals surface area contributed by atoms with Gasteiger partial charge in [-0.2, -0.15) is 0 Å². The number of hydrogen-bond acceptors (Lipinski definition) is 5. The highest BCUT2D eigenvalue weighted by atomic mass is 16.1. The molecule has 1 aromatic heterocycles. The number of aliphatic imine (C=N–C) groups is 1. The molecule has 1 amide bonds. The topological polar surface area (TPSA) is 85.8 Å². The van der Waals surface area contributed by atoms with Crippen LogP contribution in [0.15, 0.2) is 23.5 Å². The minimum atomic E-state index is 0.181. The maximum Gasteiger partial charge on any atom is 0.225 e. The Kier molecular flexibility index (Phi) is 7.87. The summed E-state index contributed by atoms with van der Waals surface area (Å²) in [5, 5.41) is 6.41. The van der Waals surface area contributed by atoms with Crippen molar-refractivity contribution in [2.45, 2.75) is 38.5 Å². The van der Waals surface area contributed by atoms with Crippen LogP contribution in [0.4, 0.5) is 5.95 Å². The molecule has 2 aliphatic rings. The standard InChI is InChI=1S/C20H33N7O/c1-21-19(25-11-10-22-18(28)16-17-6-3-2-4-7-17)26-12-14-27(15-13-26)20-23-8-5-9-24-20/h5,8-9,17H,2-4,6-7,10-16H2,1H3,(H,21,25)(H,22,28). The summed E-state index contributed by atoms with van der Waals surface area (Å²) in [6.45, 7) is 4.77. The van der Waals surface area contributed by atoms with E-state index in [2.05, 4.69) is 35.4 Å². The first-order valence-corrected chi connectivity index (χ1v) is 10.5. The number of aromatic nitrogens is 2. The van der Waals surface area contributed by atoms with Crippen molar-refractivity contribution in [1.82, 2.24) is 25.5 Å². The van der Waals surface area contributed by atoms with Gasteiger partial charge < -0.3 is 20.4 Å². The van der Waals surface area contributed by atoms with Crippen molar-refractivity contribution in [2.75, 3.05) is 51.2 Å². The summed E-state index contributed by atoms with van der Waals surface area (Å²) in [5.74, 6) is 2.43. The van der Waals surface area contributed by atoms with E-state index in [9.17, 15) is 4.79 Å². The number of guanidine groups is 1. The van der Waals surface area contributed by atoms with Crippen LogP contribution in [0, 0.1) is 5.92 Å². The molecule has 8 heteroatoms. The Bertz CT molecular complexity index is 623. The minimum absolute atomic E-state index is 0.181. The number of nitrogens with one attached hydrogen (secondary N) is 2. The van der Waals surface area contributed by atoms with Gasteiger partial charge in [-0.1, -0.05) is 19.3 Å². The van der Waals surface area contributed by atoms with Crippen LogP contribution in [0.3, 0.4) is 0 Å². The van der Waals surface area contributed by atoms with Crippen molar-refractivity contribution < 1.29 is 4.79 Å². The van der Waals surface area contributed by atoms with Crippen molar-refractivity contribution >= 4 is 17.8 Å². The summed E-state index contributed by atoms with van der Waals surface area (Å²) in [4.78, 5) is 29.6. The lowest BCUT2D eigenvalue weighted by molar-refractivity contribution is -0.122. The second kappa shape index (κ2) is 10.8. The molecular formula is C20H33N7O. The fraction of sp³-hybridized carbons (Fsp3) is 0.700. The zero-order valence-corrected chi connectivity index (χ0v) is 16.9. The molecular weight excluding hydrogens is 354 g/mol. The van der Waals surface area contributed by atoms with E-state index in [1.165, 1.54) is 32.1 Å². The monoisotopic (exact) mass is 387 g/mol. The number of anilines is 1. The van der Waals surface area contributed by atoms with Gasteiger partial charge in [0, 0.05) is 65.1 Å². The van der Waals surface area contributed by atoms with E-state index in [1.807, 2.05) is 6.07 Å². The Balaban J connectivity index is 1.33. The fourth-order valence-electron chi connectivity index (χ4n) is 4.01. The van der Waals surface area contributed by atoms with Crippen LogP contribution in [0.25, 0.3) is 0 Å². The molecule has 0 aromatic carbocycles. The van der Waals surface area contributed by atoms with E-state index in [4.69, 9.17) is 0 Å². The number of nitrogens with zero attached hydrogens (tertiary/aromatic N) is 5. The van der Waals surface area contributed by atoms with Gasteiger partial charge in [-0.3, -0.25) is 9.79 Å². The number of carbonyl (C=O) groups is 1. The van der Waals surface area contributed by atoms with Gasteiger partial charge in [0.1, 0.15) is 0 Å². The van der Waals surface area contributed by atoms with E-state index < -0.39 is 0 Å². The van der Waals surface area contributed by atoms with E-state index in [0.717, 1.165) is 38.1 Å². The average molecular weight is 388 g/mol. The molecule has 1 aliphatic heterocycles.